The maximum absolute atomic E-state index is 13.6. The molecule has 1 N–H and O–H groups in total. The quantitative estimate of drug-likeness (QED) is 0.283. The molecule has 0 bridgehead atoms. The topological polar surface area (TPSA) is 74.9 Å². The third-order valence-electron chi connectivity index (χ3n) is 6.44. The highest BCUT2D eigenvalue weighted by molar-refractivity contribution is 8.18. The fourth-order valence-corrected chi connectivity index (χ4v) is 5.47. The molecule has 0 atom stereocenters. The van der Waals surface area contributed by atoms with Crippen LogP contribution in [0.3, 0.4) is 0 Å². The van der Waals surface area contributed by atoms with E-state index in [-0.39, 0.29) is 11.5 Å². The summed E-state index contributed by atoms with van der Waals surface area (Å²) in [6, 6.07) is 28.8. The number of hydrogen-bond donors (Lipinski definition) is 1. The zero-order valence-electron chi connectivity index (χ0n) is 21.2. The molecule has 1 aromatic heterocycles. The lowest BCUT2D eigenvalue weighted by Gasteiger charge is -2.15. The number of amidine groups is 1. The Kier molecular flexibility index (Phi) is 7.29. The van der Waals surface area contributed by atoms with Crippen LogP contribution in [0.1, 0.15) is 38.4 Å². The minimum absolute atomic E-state index is 0.0683. The van der Waals surface area contributed by atoms with Crippen LogP contribution in [0.15, 0.2) is 101 Å². The molecule has 6 nitrogen and oxygen atoms in total. The van der Waals surface area contributed by atoms with Gasteiger partial charge >= 0.3 is 5.97 Å². The maximum atomic E-state index is 13.6. The molecule has 1 aliphatic rings. The molecule has 38 heavy (non-hydrogen) atoms. The summed E-state index contributed by atoms with van der Waals surface area (Å²) in [5, 5.41) is 9.91. The van der Waals surface area contributed by atoms with Crippen molar-refractivity contribution in [3.63, 3.8) is 0 Å². The molecule has 1 saturated heterocycles. The fourth-order valence-electron chi connectivity index (χ4n) is 4.50. The van der Waals surface area contributed by atoms with E-state index in [4.69, 9.17) is 4.99 Å². The molecule has 7 heteroatoms. The first-order valence-electron chi connectivity index (χ1n) is 12.3. The molecule has 0 spiro atoms. The van der Waals surface area contributed by atoms with Crippen LogP contribution in [-0.4, -0.2) is 31.6 Å². The summed E-state index contributed by atoms with van der Waals surface area (Å²) in [5.41, 5.74) is 6.14. The van der Waals surface area contributed by atoms with Gasteiger partial charge in [-0.3, -0.25) is 14.7 Å². The van der Waals surface area contributed by atoms with Gasteiger partial charge in [-0.1, -0.05) is 60.7 Å². The second-order valence-electron chi connectivity index (χ2n) is 9.09. The number of aromatic nitrogens is 1. The Bertz CT molecular complexity index is 1540. The Morgan fingerprint density at radius 1 is 0.921 bits per heavy atom. The van der Waals surface area contributed by atoms with Crippen molar-refractivity contribution in [1.82, 2.24) is 9.47 Å². The lowest BCUT2D eigenvalue weighted by molar-refractivity contribution is -0.122. The first-order chi connectivity index (χ1) is 18.4. The van der Waals surface area contributed by atoms with E-state index in [1.807, 2.05) is 86.7 Å². The number of carboxylic acid groups (broad SMARTS) is 1. The SMILES string of the molecule is Cc1cc(/C=C2/SC(=NCc3ccccc3)N(Cc3ccccc3)C2=O)c(C)n1-c1ccc(C(=O)O)cc1. The molecular weight excluding hydrogens is 494 g/mol. The van der Waals surface area contributed by atoms with E-state index in [2.05, 4.69) is 4.57 Å². The van der Waals surface area contributed by atoms with Gasteiger partial charge in [-0.2, -0.15) is 0 Å². The zero-order valence-corrected chi connectivity index (χ0v) is 22.0. The number of thioether (sulfide) groups is 1. The van der Waals surface area contributed by atoms with Crippen molar-refractivity contribution in [1.29, 1.82) is 0 Å². The van der Waals surface area contributed by atoms with Gasteiger partial charge in [0.1, 0.15) is 0 Å². The van der Waals surface area contributed by atoms with Crippen molar-refractivity contribution < 1.29 is 14.7 Å². The van der Waals surface area contributed by atoms with Crippen LogP contribution in [-0.2, 0) is 17.9 Å². The number of carboxylic acids is 1. The predicted octanol–water partition coefficient (Wildman–Crippen LogP) is 6.47. The molecule has 190 valence electrons. The minimum Gasteiger partial charge on any atom is -0.478 e. The van der Waals surface area contributed by atoms with Crippen LogP contribution in [0.5, 0.6) is 0 Å². The van der Waals surface area contributed by atoms with Crippen molar-refractivity contribution in [2.45, 2.75) is 26.9 Å². The van der Waals surface area contributed by atoms with E-state index in [0.717, 1.165) is 33.8 Å². The van der Waals surface area contributed by atoms with E-state index in [0.29, 0.717) is 23.2 Å². The molecule has 1 fully saturated rings. The third-order valence-corrected chi connectivity index (χ3v) is 7.49. The lowest BCUT2D eigenvalue weighted by atomic mass is 10.2. The number of nitrogens with zero attached hydrogens (tertiary/aromatic N) is 3. The Morgan fingerprint density at radius 3 is 2.18 bits per heavy atom. The number of carbonyl (C=O) groups is 2. The minimum atomic E-state index is -0.954. The molecule has 1 aliphatic heterocycles. The molecule has 0 unspecified atom stereocenters. The van der Waals surface area contributed by atoms with Gasteiger partial charge in [0.05, 0.1) is 23.6 Å². The van der Waals surface area contributed by atoms with Crippen molar-refractivity contribution in [2.24, 2.45) is 4.99 Å². The van der Waals surface area contributed by atoms with Gasteiger partial charge in [0.25, 0.3) is 5.91 Å². The van der Waals surface area contributed by atoms with Gasteiger partial charge in [-0.05, 0) is 78.7 Å². The van der Waals surface area contributed by atoms with Crippen molar-refractivity contribution >= 4 is 34.9 Å². The van der Waals surface area contributed by atoms with Gasteiger partial charge in [-0.15, -0.1) is 0 Å². The number of rotatable bonds is 7. The van der Waals surface area contributed by atoms with Crippen LogP contribution in [0, 0.1) is 13.8 Å². The molecule has 0 aliphatic carbocycles. The Hall–Kier alpha value is -4.36. The highest BCUT2D eigenvalue weighted by Crippen LogP contribution is 2.35. The van der Waals surface area contributed by atoms with E-state index in [9.17, 15) is 14.7 Å². The number of aryl methyl sites for hydroxylation is 1. The van der Waals surface area contributed by atoms with Gasteiger partial charge < -0.3 is 9.67 Å². The van der Waals surface area contributed by atoms with Crippen LogP contribution < -0.4 is 0 Å². The molecule has 3 aromatic carbocycles. The second kappa shape index (κ2) is 10.9. The lowest BCUT2D eigenvalue weighted by Crippen LogP contribution is -2.28. The van der Waals surface area contributed by atoms with Crippen LogP contribution in [0.4, 0.5) is 0 Å². The number of carbonyl (C=O) groups excluding carboxylic acids is 1. The Morgan fingerprint density at radius 2 is 1.55 bits per heavy atom. The smallest absolute Gasteiger partial charge is 0.335 e. The Labute approximate surface area is 226 Å². The molecule has 1 amide bonds. The van der Waals surface area contributed by atoms with E-state index >= 15 is 0 Å². The monoisotopic (exact) mass is 521 g/mol. The number of amides is 1. The fraction of sp³-hybridized carbons (Fsp3) is 0.129. The Balaban J connectivity index is 1.47. The summed E-state index contributed by atoms with van der Waals surface area (Å²) in [6.07, 6.45) is 1.93. The molecule has 5 rings (SSSR count). The van der Waals surface area contributed by atoms with Crippen LogP contribution in [0.2, 0.25) is 0 Å². The molecule has 4 aromatic rings. The molecular formula is C31H27N3O3S. The average Bonchev–Trinajstić information content (AvgIpc) is 3.38. The van der Waals surface area contributed by atoms with Gasteiger partial charge in [-0.25, -0.2) is 4.79 Å². The molecule has 2 heterocycles. The number of aliphatic imine (C=N–C) groups is 1. The predicted molar refractivity (Wildman–Crippen MR) is 152 cm³/mol. The maximum Gasteiger partial charge on any atom is 0.335 e. The summed E-state index contributed by atoms with van der Waals surface area (Å²) < 4.78 is 2.06. The normalized spacial score (nSPS) is 15.5. The highest BCUT2D eigenvalue weighted by atomic mass is 32.2. The van der Waals surface area contributed by atoms with Gasteiger partial charge in [0.2, 0.25) is 0 Å². The highest BCUT2D eigenvalue weighted by Gasteiger charge is 2.33. The van der Waals surface area contributed by atoms with Gasteiger partial charge in [0, 0.05) is 17.1 Å². The van der Waals surface area contributed by atoms with E-state index in [1.165, 1.54) is 11.8 Å². The average molecular weight is 522 g/mol. The summed E-state index contributed by atoms with van der Waals surface area (Å²) in [7, 11) is 0. The van der Waals surface area contributed by atoms with Crippen LogP contribution >= 0.6 is 11.8 Å². The van der Waals surface area contributed by atoms with Crippen molar-refractivity contribution in [2.75, 3.05) is 0 Å². The van der Waals surface area contributed by atoms with Crippen molar-refractivity contribution in [3.05, 3.63) is 130 Å². The summed E-state index contributed by atoms with van der Waals surface area (Å²) >= 11 is 1.40. The van der Waals surface area contributed by atoms with Crippen LogP contribution in [0.25, 0.3) is 11.8 Å². The number of benzene rings is 3. The first-order valence-corrected chi connectivity index (χ1v) is 13.1. The molecule has 0 radical (unpaired) electrons. The summed E-state index contributed by atoms with van der Waals surface area (Å²) in [6.45, 7) is 4.95. The van der Waals surface area contributed by atoms with Crippen molar-refractivity contribution in [3.8, 4) is 5.69 Å². The largest absolute Gasteiger partial charge is 0.478 e. The third kappa shape index (κ3) is 5.33. The summed E-state index contributed by atoms with van der Waals surface area (Å²) in [4.78, 5) is 32.0. The molecule has 0 saturated carbocycles. The zero-order chi connectivity index (χ0) is 26.6. The van der Waals surface area contributed by atoms with Gasteiger partial charge in [0.15, 0.2) is 5.17 Å². The second-order valence-corrected chi connectivity index (χ2v) is 10.1. The summed E-state index contributed by atoms with van der Waals surface area (Å²) in [5.74, 6) is -1.02. The standard InChI is InChI=1S/C31H27N3O3S/c1-21-17-26(22(2)34(21)27-15-13-25(14-16-27)30(36)37)18-28-29(35)33(20-24-11-7-4-8-12-24)31(38-28)32-19-23-9-5-3-6-10-23/h3-18H,19-20H2,1-2H3,(H,36,37)/b28-18+,32-31?. The number of aromatic carboxylic acids is 1. The number of hydrogen-bond acceptors (Lipinski definition) is 4. The van der Waals surface area contributed by atoms with E-state index < -0.39 is 5.97 Å². The van der Waals surface area contributed by atoms with E-state index in [1.54, 1.807) is 29.2 Å². The first kappa shape index (κ1) is 25.3.